The number of hydrogen-bond acceptors (Lipinski definition) is 3. The van der Waals surface area contributed by atoms with Gasteiger partial charge in [0.1, 0.15) is 5.54 Å². The van der Waals surface area contributed by atoms with Crippen LogP contribution in [0.2, 0.25) is 0 Å². The van der Waals surface area contributed by atoms with Crippen molar-refractivity contribution in [3.05, 3.63) is 29.8 Å². The van der Waals surface area contributed by atoms with Crippen LogP contribution in [0.1, 0.15) is 62.7 Å². The summed E-state index contributed by atoms with van der Waals surface area (Å²) in [6, 6.07) is 6.85. The lowest BCUT2D eigenvalue weighted by Gasteiger charge is -2.36. The van der Waals surface area contributed by atoms with Crippen LogP contribution in [0.15, 0.2) is 24.3 Å². The van der Waals surface area contributed by atoms with Gasteiger partial charge in [0.15, 0.2) is 0 Å². The second-order valence-electron chi connectivity index (χ2n) is 7.84. The van der Waals surface area contributed by atoms with E-state index in [2.05, 4.69) is 22.9 Å². The first kappa shape index (κ1) is 19.4. The number of benzene rings is 1. The van der Waals surface area contributed by atoms with Crippen LogP contribution in [-0.4, -0.2) is 29.8 Å². The van der Waals surface area contributed by atoms with Crippen molar-refractivity contribution in [3.8, 4) is 0 Å². The topological polar surface area (TPSA) is 87.3 Å². The van der Waals surface area contributed by atoms with Gasteiger partial charge in [-0.3, -0.25) is 14.4 Å². The average molecular weight is 371 g/mol. The molecule has 1 aromatic rings. The minimum absolute atomic E-state index is 0.0390. The number of amides is 3. The molecule has 0 spiro atoms. The molecule has 0 aromatic heterocycles. The third-order valence-corrected chi connectivity index (χ3v) is 5.69. The van der Waals surface area contributed by atoms with E-state index in [1.165, 1.54) is 0 Å². The fourth-order valence-electron chi connectivity index (χ4n) is 3.81. The predicted molar refractivity (Wildman–Crippen MR) is 104 cm³/mol. The van der Waals surface area contributed by atoms with Crippen molar-refractivity contribution >= 4 is 23.4 Å². The highest BCUT2D eigenvalue weighted by Gasteiger charge is 2.41. The third kappa shape index (κ3) is 4.49. The summed E-state index contributed by atoms with van der Waals surface area (Å²) >= 11 is 0. The fraction of sp³-hybridized carbons (Fsp3) is 0.571. The second-order valence-corrected chi connectivity index (χ2v) is 7.84. The number of nitrogens with one attached hydrogen (secondary N) is 3. The Kier molecular flexibility index (Phi) is 5.82. The Morgan fingerprint density at radius 2 is 1.70 bits per heavy atom. The summed E-state index contributed by atoms with van der Waals surface area (Å²) in [4.78, 5) is 37.3. The SMILES string of the molecule is CCNC(=O)C1(NC(=O)c2ccc(NC(=O)C3CC3C)cc2)CCCCC1. The molecule has 2 aliphatic carbocycles. The lowest BCUT2D eigenvalue weighted by atomic mass is 9.80. The van der Waals surface area contributed by atoms with Crippen molar-refractivity contribution in [3.63, 3.8) is 0 Å². The van der Waals surface area contributed by atoms with Crippen molar-refractivity contribution in [2.45, 2.75) is 57.9 Å². The van der Waals surface area contributed by atoms with E-state index in [0.29, 0.717) is 36.6 Å². The molecule has 0 bridgehead atoms. The molecule has 0 radical (unpaired) electrons. The minimum atomic E-state index is -0.819. The number of carbonyl (C=O) groups excluding carboxylic acids is 3. The molecule has 6 heteroatoms. The molecule has 0 aliphatic heterocycles. The summed E-state index contributed by atoms with van der Waals surface area (Å²) in [7, 11) is 0. The Labute approximate surface area is 160 Å². The lowest BCUT2D eigenvalue weighted by molar-refractivity contribution is -0.128. The molecule has 2 saturated carbocycles. The molecule has 0 saturated heterocycles. The number of anilines is 1. The molecule has 2 fully saturated rings. The monoisotopic (exact) mass is 371 g/mol. The summed E-state index contributed by atoms with van der Waals surface area (Å²) in [5, 5.41) is 8.74. The van der Waals surface area contributed by atoms with Gasteiger partial charge in [-0.25, -0.2) is 0 Å². The first-order valence-corrected chi connectivity index (χ1v) is 9.97. The van der Waals surface area contributed by atoms with E-state index in [1.807, 2.05) is 6.92 Å². The van der Waals surface area contributed by atoms with Crippen molar-refractivity contribution in [2.24, 2.45) is 11.8 Å². The Morgan fingerprint density at radius 1 is 1.07 bits per heavy atom. The van der Waals surface area contributed by atoms with Crippen molar-refractivity contribution in [2.75, 3.05) is 11.9 Å². The maximum Gasteiger partial charge on any atom is 0.252 e. The van der Waals surface area contributed by atoms with Crippen molar-refractivity contribution in [1.29, 1.82) is 0 Å². The van der Waals surface area contributed by atoms with Gasteiger partial charge in [-0.05, 0) is 56.4 Å². The molecule has 146 valence electrons. The maximum atomic E-state index is 12.7. The first-order valence-electron chi connectivity index (χ1n) is 9.97. The zero-order valence-corrected chi connectivity index (χ0v) is 16.1. The summed E-state index contributed by atoms with van der Waals surface area (Å²) in [5.74, 6) is 0.252. The molecule has 1 aromatic carbocycles. The first-order chi connectivity index (χ1) is 12.9. The Hall–Kier alpha value is -2.37. The zero-order valence-electron chi connectivity index (χ0n) is 16.1. The fourth-order valence-corrected chi connectivity index (χ4v) is 3.81. The number of likely N-dealkylation sites (N-methyl/N-ethyl adjacent to an activating group) is 1. The molecular weight excluding hydrogens is 342 g/mol. The number of rotatable bonds is 6. The van der Waals surface area contributed by atoms with Gasteiger partial charge in [0, 0.05) is 23.7 Å². The summed E-state index contributed by atoms with van der Waals surface area (Å²) in [6.45, 7) is 4.49. The van der Waals surface area contributed by atoms with Gasteiger partial charge in [0.25, 0.3) is 5.91 Å². The smallest absolute Gasteiger partial charge is 0.252 e. The van der Waals surface area contributed by atoms with Crippen molar-refractivity contribution < 1.29 is 14.4 Å². The molecule has 6 nitrogen and oxygen atoms in total. The molecule has 3 N–H and O–H groups in total. The standard InChI is InChI=1S/C21H29N3O3/c1-3-22-20(27)21(11-5-4-6-12-21)24-18(25)15-7-9-16(10-8-15)23-19(26)17-13-14(17)2/h7-10,14,17H,3-6,11-13H2,1-2H3,(H,22,27)(H,23,26)(H,24,25). The normalized spacial score (nSPS) is 23.2. The van der Waals surface area contributed by atoms with Gasteiger partial charge >= 0.3 is 0 Å². The van der Waals surface area contributed by atoms with E-state index in [9.17, 15) is 14.4 Å². The molecule has 2 unspecified atom stereocenters. The second kappa shape index (κ2) is 8.11. The summed E-state index contributed by atoms with van der Waals surface area (Å²) in [6.07, 6.45) is 5.22. The van der Waals surface area contributed by atoms with Gasteiger partial charge in [-0.1, -0.05) is 26.2 Å². The van der Waals surface area contributed by atoms with E-state index in [1.54, 1.807) is 24.3 Å². The van der Waals surface area contributed by atoms with E-state index < -0.39 is 5.54 Å². The number of carbonyl (C=O) groups is 3. The van der Waals surface area contributed by atoms with Crippen LogP contribution in [0.5, 0.6) is 0 Å². The highest BCUT2D eigenvalue weighted by molar-refractivity contribution is 6.00. The van der Waals surface area contributed by atoms with E-state index >= 15 is 0 Å². The minimum Gasteiger partial charge on any atom is -0.354 e. The van der Waals surface area contributed by atoms with Gasteiger partial charge in [-0.15, -0.1) is 0 Å². The molecule has 2 atom stereocenters. The number of hydrogen-bond donors (Lipinski definition) is 3. The quantitative estimate of drug-likeness (QED) is 0.718. The van der Waals surface area contributed by atoms with E-state index in [-0.39, 0.29) is 23.6 Å². The van der Waals surface area contributed by atoms with Gasteiger partial charge in [0.2, 0.25) is 11.8 Å². The van der Waals surface area contributed by atoms with Crippen LogP contribution in [0, 0.1) is 11.8 Å². The van der Waals surface area contributed by atoms with E-state index in [4.69, 9.17) is 0 Å². The zero-order chi connectivity index (χ0) is 19.4. The molecule has 2 aliphatic rings. The van der Waals surface area contributed by atoms with Crippen LogP contribution in [0.25, 0.3) is 0 Å². The molecule has 27 heavy (non-hydrogen) atoms. The molecule has 3 rings (SSSR count). The lowest BCUT2D eigenvalue weighted by Crippen LogP contribution is -2.59. The third-order valence-electron chi connectivity index (χ3n) is 5.69. The highest BCUT2D eigenvalue weighted by Crippen LogP contribution is 2.38. The van der Waals surface area contributed by atoms with Crippen molar-refractivity contribution in [1.82, 2.24) is 10.6 Å². The van der Waals surface area contributed by atoms with Crippen LogP contribution in [0.4, 0.5) is 5.69 Å². The Bertz CT molecular complexity index is 708. The highest BCUT2D eigenvalue weighted by atomic mass is 16.2. The van der Waals surface area contributed by atoms with Gasteiger partial charge in [-0.2, -0.15) is 0 Å². The van der Waals surface area contributed by atoms with Gasteiger partial charge < -0.3 is 16.0 Å². The van der Waals surface area contributed by atoms with Crippen LogP contribution >= 0.6 is 0 Å². The van der Waals surface area contributed by atoms with Crippen LogP contribution in [0.3, 0.4) is 0 Å². The van der Waals surface area contributed by atoms with Gasteiger partial charge in [0.05, 0.1) is 0 Å². The Balaban J connectivity index is 1.65. The van der Waals surface area contributed by atoms with Crippen LogP contribution < -0.4 is 16.0 Å². The summed E-state index contributed by atoms with van der Waals surface area (Å²) < 4.78 is 0. The van der Waals surface area contributed by atoms with Crippen LogP contribution in [-0.2, 0) is 9.59 Å². The van der Waals surface area contributed by atoms with E-state index in [0.717, 1.165) is 25.7 Å². The average Bonchev–Trinajstić information content (AvgIpc) is 3.40. The molecule has 3 amide bonds. The molecule has 0 heterocycles. The Morgan fingerprint density at radius 3 is 2.26 bits per heavy atom. The summed E-state index contributed by atoms with van der Waals surface area (Å²) in [5.41, 5.74) is 0.356. The molecular formula is C21H29N3O3. The maximum absolute atomic E-state index is 12.7. The largest absolute Gasteiger partial charge is 0.354 e. The predicted octanol–water partition coefficient (Wildman–Crippen LogP) is 2.85.